The van der Waals surface area contributed by atoms with E-state index in [-0.39, 0.29) is 23.7 Å². The molecular formula is C25H32N2O2. The largest absolute Gasteiger partial charge is 0.344 e. The van der Waals surface area contributed by atoms with Gasteiger partial charge >= 0.3 is 0 Å². The highest BCUT2D eigenvalue weighted by molar-refractivity contribution is 5.98. The predicted octanol–water partition coefficient (Wildman–Crippen LogP) is 4.84. The van der Waals surface area contributed by atoms with Gasteiger partial charge in [0.15, 0.2) is 0 Å². The number of fused-ring (bicyclic) bond motifs is 1. The summed E-state index contributed by atoms with van der Waals surface area (Å²) in [6.45, 7) is 6.05. The monoisotopic (exact) mass is 392 g/mol. The molecule has 4 heteroatoms. The molecule has 2 aromatic carbocycles. The Balaban J connectivity index is 1.73. The Morgan fingerprint density at radius 1 is 0.931 bits per heavy atom. The van der Waals surface area contributed by atoms with E-state index in [1.807, 2.05) is 57.2 Å². The molecule has 2 N–H and O–H groups in total. The molecule has 0 saturated carbocycles. The fourth-order valence-corrected chi connectivity index (χ4v) is 4.08. The smallest absolute Gasteiger partial charge is 0.247 e. The van der Waals surface area contributed by atoms with Crippen LogP contribution in [-0.2, 0) is 22.4 Å². The number of carbonyl (C=O) groups excluding carboxylic acids is 2. The van der Waals surface area contributed by atoms with Crippen LogP contribution in [0.1, 0.15) is 62.6 Å². The van der Waals surface area contributed by atoms with Crippen molar-refractivity contribution in [1.29, 1.82) is 0 Å². The molecule has 154 valence electrons. The Morgan fingerprint density at radius 3 is 2.34 bits per heavy atom. The Labute approximate surface area is 174 Å². The van der Waals surface area contributed by atoms with Crippen LogP contribution in [-0.4, -0.2) is 17.9 Å². The maximum atomic E-state index is 13.1. The fraction of sp³-hybridized carbons (Fsp3) is 0.440. The van der Waals surface area contributed by atoms with Gasteiger partial charge in [0.1, 0.15) is 6.04 Å². The third-order valence-electron chi connectivity index (χ3n) is 6.09. The summed E-state index contributed by atoms with van der Waals surface area (Å²) < 4.78 is 0. The van der Waals surface area contributed by atoms with E-state index >= 15 is 0 Å². The second-order valence-corrected chi connectivity index (χ2v) is 8.07. The third-order valence-corrected chi connectivity index (χ3v) is 6.09. The first-order chi connectivity index (χ1) is 14.0. The summed E-state index contributed by atoms with van der Waals surface area (Å²) in [6, 6.07) is 15.4. The highest BCUT2D eigenvalue weighted by atomic mass is 16.2. The molecule has 0 radical (unpaired) electrons. The van der Waals surface area contributed by atoms with Crippen LogP contribution in [0, 0.1) is 5.92 Å². The lowest BCUT2D eigenvalue weighted by atomic mass is 9.93. The van der Waals surface area contributed by atoms with Crippen molar-refractivity contribution >= 4 is 17.5 Å². The summed E-state index contributed by atoms with van der Waals surface area (Å²) >= 11 is 0. The molecule has 0 bridgehead atoms. The average Bonchev–Trinajstić information content (AvgIpc) is 3.20. The van der Waals surface area contributed by atoms with Crippen molar-refractivity contribution in [3.63, 3.8) is 0 Å². The van der Waals surface area contributed by atoms with Crippen molar-refractivity contribution in [2.75, 3.05) is 5.32 Å². The minimum absolute atomic E-state index is 0.0432. The molecule has 2 aromatic rings. The summed E-state index contributed by atoms with van der Waals surface area (Å²) in [5, 5.41) is 6.07. The first-order valence-electron chi connectivity index (χ1n) is 10.8. The maximum absolute atomic E-state index is 13.1. The van der Waals surface area contributed by atoms with E-state index in [4.69, 9.17) is 0 Å². The van der Waals surface area contributed by atoms with Gasteiger partial charge in [0.25, 0.3) is 0 Å². The maximum Gasteiger partial charge on any atom is 0.247 e. The second kappa shape index (κ2) is 9.73. The molecule has 1 aliphatic carbocycles. The standard InChI is InChI=1S/C25H32N2O2/c1-4-17(3)23(27-24(28)22(5-2)19-10-7-6-8-11-19)25(29)26-21-15-14-18-12-9-13-20(18)16-21/h6-8,10-11,14-17,22-23H,4-5,9,12-13H2,1-3H3,(H,26,29)(H,27,28). The van der Waals surface area contributed by atoms with Crippen molar-refractivity contribution in [3.05, 3.63) is 65.2 Å². The van der Waals surface area contributed by atoms with Gasteiger partial charge < -0.3 is 10.6 Å². The van der Waals surface area contributed by atoms with E-state index < -0.39 is 6.04 Å². The van der Waals surface area contributed by atoms with E-state index in [0.717, 1.165) is 30.5 Å². The van der Waals surface area contributed by atoms with Crippen molar-refractivity contribution < 1.29 is 9.59 Å². The van der Waals surface area contributed by atoms with E-state index in [0.29, 0.717) is 6.42 Å². The van der Waals surface area contributed by atoms with Crippen LogP contribution >= 0.6 is 0 Å². The van der Waals surface area contributed by atoms with Gasteiger partial charge in [-0.15, -0.1) is 0 Å². The Hall–Kier alpha value is -2.62. The number of amides is 2. The summed E-state index contributed by atoms with van der Waals surface area (Å²) in [6.07, 6.45) is 4.86. The van der Waals surface area contributed by atoms with E-state index in [1.165, 1.54) is 17.5 Å². The van der Waals surface area contributed by atoms with Gasteiger partial charge in [-0.1, -0.05) is 63.6 Å². The van der Waals surface area contributed by atoms with Crippen LogP contribution in [0.2, 0.25) is 0 Å². The number of carbonyl (C=O) groups is 2. The van der Waals surface area contributed by atoms with Crippen LogP contribution in [0.5, 0.6) is 0 Å². The highest BCUT2D eigenvalue weighted by Crippen LogP contribution is 2.25. The van der Waals surface area contributed by atoms with Crippen molar-refractivity contribution in [3.8, 4) is 0 Å². The topological polar surface area (TPSA) is 58.2 Å². The number of benzene rings is 2. The van der Waals surface area contributed by atoms with Gasteiger partial charge in [-0.3, -0.25) is 9.59 Å². The lowest BCUT2D eigenvalue weighted by Gasteiger charge is -2.26. The van der Waals surface area contributed by atoms with Gasteiger partial charge in [-0.05, 0) is 60.4 Å². The minimum Gasteiger partial charge on any atom is -0.344 e. The van der Waals surface area contributed by atoms with Crippen molar-refractivity contribution in [2.45, 2.75) is 64.8 Å². The zero-order valence-corrected chi connectivity index (χ0v) is 17.7. The van der Waals surface area contributed by atoms with Crippen LogP contribution < -0.4 is 10.6 Å². The lowest BCUT2D eigenvalue weighted by Crippen LogP contribution is -2.49. The van der Waals surface area contributed by atoms with Gasteiger partial charge in [0, 0.05) is 5.69 Å². The minimum atomic E-state index is -0.557. The highest BCUT2D eigenvalue weighted by Gasteiger charge is 2.29. The summed E-state index contributed by atoms with van der Waals surface area (Å²) in [4.78, 5) is 26.1. The first-order valence-corrected chi connectivity index (χ1v) is 10.8. The zero-order valence-electron chi connectivity index (χ0n) is 17.7. The van der Waals surface area contributed by atoms with Crippen molar-refractivity contribution in [1.82, 2.24) is 5.32 Å². The number of hydrogen-bond donors (Lipinski definition) is 2. The Kier molecular flexibility index (Phi) is 7.08. The summed E-state index contributed by atoms with van der Waals surface area (Å²) in [5.74, 6) is -0.445. The third kappa shape index (κ3) is 5.06. The van der Waals surface area contributed by atoms with Crippen LogP contribution in [0.25, 0.3) is 0 Å². The predicted molar refractivity (Wildman–Crippen MR) is 118 cm³/mol. The molecule has 0 spiro atoms. The SMILES string of the molecule is CCC(C(=O)NC(C(=O)Nc1ccc2c(c1)CCC2)C(C)CC)c1ccccc1. The number of anilines is 1. The molecule has 0 fully saturated rings. The number of hydrogen-bond acceptors (Lipinski definition) is 2. The van der Waals surface area contributed by atoms with Crippen LogP contribution in [0.4, 0.5) is 5.69 Å². The number of rotatable bonds is 8. The second-order valence-electron chi connectivity index (χ2n) is 8.07. The molecule has 0 aliphatic heterocycles. The van der Waals surface area contributed by atoms with Crippen molar-refractivity contribution in [2.24, 2.45) is 5.92 Å². The fourth-order valence-electron chi connectivity index (χ4n) is 4.08. The molecule has 0 saturated heterocycles. The summed E-state index contributed by atoms with van der Waals surface area (Å²) in [5.41, 5.74) is 4.49. The normalized spacial score (nSPS) is 15.8. The number of nitrogens with one attached hydrogen (secondary N) is 2. The first kappa shape index (κ1) is 21.1. The zero-order chi connectivity index (χ0) is 20.8. The van der Waals surface area contributed by atoms with Gasteiger partial charge in [-0.25, -0.2) is 0 Å². The van der Waals surface area contributed by atoms with Gasteiger partial charge in [0.2, 0.25) is 11.8 Å². The van der Waals surface area contributed by atoms with E-state index in [1.54, 1.807) is 0 Å². The molecule has 3 atom stereocenters. The summed E-state index contributed by atoms with van der Waals surface area (Å²) in [7, 11) is 0. The van der Waals surface area contributed by atoms with E-state index in [9.17, 15) is 9.59 Å². The van der Waals surface area contributed by atoms with Crippen LogP contribution in [0.3, 0.4) is 0 Å². The molecule has 2 amide bonds. The quantitative estimate of drug-likeness (QED) is 0.675. The number of aryl methyl sites for hydroxylation is 2. The Bertz CT molecular complexity index is 847. The lowest BCUT2D eigenvalue weighted by molar-refractivity contribution is -0.128. The van der Waals surface area contributed by atoms with Gasteiger partial charge in [-0.2, -0.15) is 0 Å². The molecule has 4 nitrogen and oxygen atoms in total. The molecule has 0 aromatic heterocycles. The molecule has 29 heavy (non-hydrogen) atoms. The van der Waals surface area contributed by atoms with Gasteiger partial charge in [0.05, 0.1) is 5.92 Å². The van der Waals surface area contributed by atoms with Crippen LogP contribution in [0.15, 0.2) is 48.5 Å². The Morgan fingerprint density at radius 2 is 1.66 bits per heavy atom. The average molecular weight is 393 g/mol. The van der Waals surface area contributed by atoms with E-state index in [2.05, 4.69) is 22.8 Å². The molecule has 3 rings (SSSR count). The molecular weight excluding hydrogens is 360 g/mol. The molecule has 1 aliphatic rings. The molecule has 0 heterocycles. The molecule has 3 unspecified atom stereocenters.